The summed E-state index contributed by atoms with van der Waals surface area (Å²) in [5, 5.41) is 2.77. The Morgan fingerprint density at radius 1 is 1.24 bits per heavy atom. The Morgan fingerprint density at radius 2 is 1.94 bits per heavy atom. The van der Waals surface area contributed by atoms with Gasteiger partial charge in [-0.25, -0.2) is 4.98 Å². The summed E-state index contributed by atoms with van der Waals surface area (Å²) in [6.07, 6.45) is 0. The van der Waals surface area contributed by atoms with Crippen molar-refractivity contribution >= 4 is 17.2 Å². The highest BCUT2D eigenvalue weighted by molar-refractivity contribution is 7.13. The highest BCUT2D eigenvalue weighted by Gasteiger charge is 2.16. The molecule has 0 amide bonds. The number of nitrogens with two attached hydrogens (primary N) is 1. The van der Waals surface area contributed by atoms with Crippen molar-refractivity contribution < 1.29 is 4.74 Å². The molecule has 0 radical (unpaired) electrons. The van der Waals surface area contributed by atoms with Gasteiger partial charge in [0.15, 0.2) is 0 Å². The fraction of sp³-hybridized carbons (Fsp3) is 0.308. The van der Waals surface area contributed by atoms with E-state index >= 15 is 0 Å². The number of methoxy groups -OCH3 is 1. The summed E-state index contributed by atoms with van der Waals surface area (Å²) in [5.41, 5.74) is 10.3. The van der Waals surface area contributed by atoms with Crippen LogP contribution in [0.15, 0.2) is 11.4 Å². The Balaban J connectivity index is 2.72. The van der Waals surface area contributed by atoms with Gasteiger partial charge in [-0.2, -0.15) is 0 Å². The molecule has 0 unspecified atom stereocenters. The van der Waals surface area contributed by atoms with Crippen molar-refractivity contribution in [1.29, 1.82) is 0 Å². The van der Waals surface area contributed by atoms with Gasteiger partial charge < -0.3 is 10.5 Å². The predicted octanol–water partition coefficient (Wildman–Crippen LogP) is 3.33. The Kier molecular flexibility index (Phi) is 3.07. The van der Waals surface area contributed by atoms with E-state index in [2.05, 4.69) is 31.8 Å². The van der Waals surface area contributed by atoms with Gasteiger partial charge >= 0.3 is 0 Å². The third-order valence-electron chi connectivity index (χ3n) is 2.93. The summed E-state index contributed by atoms with van der Waals surface area (Å²) in [4.78, 5) is 4.34. The second-order valence-electron chi connectivity index (χ2n) is 4.12. The second-order valence-corrected chi connectivity index (χ2v) is 4.98. The Bertz CT molecular complexity index is 561. The standard InChI is InChI=1S/C13H16N2OS/c1-7-5-8(2)11(12(16-4)9(7)3)13-15-10(14)6-17-13/h5-6H,14H2,1-4H3. The molecule has 0 saturated heterocycles. The van der Waals surface area contributed by atoms with Gasteiger partial charge in [0.1, 0.15) is 16.6 Å². The first kappa shape index (κ1) is 11.9. The van der Waals surface area contributed by atoms with E-state index in [4.69, 9.17) is 10.5 Å². The number of benzene rings is 1. The van der Waals surface area contributed by atoms with Gasteiger partial charge in [0, 0.05) is 5.38 Å². The van der Waals surface area contributed by atoms with Gasteiger partial charge in [0.25, 0.3) is 0 Å². The van der Waals surface area contributed by atoms with Crippen LogP contribution in [0, 0.1) is 20.8 Å². The average molecular weight is 248 g/mol. The van der Waals surface area contributed by atoms with Crippen molar-refractivity contribution in [3.05, 3.63) is 28.1 Å². The van der Waals surface area contributed by atoms with Crippen LogP contribution in [0.4, 0.5) is 5.82 Å². The number of aryl methyl sites for hydroxylation is 2. The van der Waals surface area contributed by atoms with Crippen molar-refractivity contribution in [3.8, 4) is 16.3 Å². The second kappa shape index (κ2) is 4.37. The molecular weight excluding hydrogens is 232 g/mol. The molecule has 1 aromatic heterocycles. The number of nitrogens with zero attached hydrogens (tertiary/aromatic N) is 1. The fourth-order valence-electron chi connectivity index (χ4n) is 1.97. The highest BCUT2D eigenvalue weighted by Crippen LogP contribution is 2.39. The van der Waals surface area contributed by atoms with E-state index in [1.807, 2.05) is 5.38 Å². The molecule has 2 rings (SSSR count). The highest BCUT2D eigenvalue weighted by atomic mass is 32.1. The van der Waals surface area contributed by atoms with Gasteiger partial charge in [-0.05, 0) is 37.5 Å². The summed E-state index contributed by atoms with van der Waals surface area (Å²) in [6.45, 7) is 6.22. The lowest BCUT2D eigenvalue weighted by molar-refractivity contribution is 0.412. The van der Waals surface area contributed by atoms with Crippen LogP contribution in [0.3, 0.4) is 0 Å². The number of hydrogen-bond donors (Lipinski definition) is 1. The first-order valence-electron chi connectivity index (χ1n) is 5.40. The molecule has 4 heteroatoms. The van der Waals surface area contributed by atoms with Gasteiger partial charge in [-0.1, -0.05) is 6.07 Å². The lowest BCUT2D eigenvalue weighted by Gasteiger charge is -2.14. The predicted molar refractivity (Wildman–Crippen MR) is 72.7 cm³/mol. The van der Waals surface area contributed by atoms with Crippen LogP contribution in [0.25, 0.3) is 10.6 Å². The van der Waals surface area contributed by atoms with Crippen LogP contribution in [0.1, 0.15) is 16.7 Å². The van der Waals surface area contributed by atoms with Crippen molar-refractivity contribution in [2.24, 2.45) is 0 Å². The van der Waals surface area contributed by atoms with Crippen molar-refractivity contribution in [2.45, 2.75) is 20.8 Å². The largest absolute Gasteiger partial charge is 0.496 e. The van der Waals surface area contributed by atoms with Crippen LogP contribution in [0.2, 0.25) is 0 Å². The fourth-order valence-corrected chi connectivity index (χ4v) is 2.79. The molecule has 0 fully saturated rings. The molecule has 1 heterocycles. The maximum atomic E-state index is 5.68. The number of anilines is 1. The van der Waals surface area contributed by atoms with E-state index in [1.54, 1.807) is 18.4 Å². The van der Waals surface area contributed by atoms with Gasteiger partial charge in [-0.3, -0.25) is 0 Å². The summed E-state index contributed by atoms with van der Waals surface area (Å²) >= 11 is 1.54. The lowest BCUT2D eigenvalue weighted by Crippen LogP contribution is -1.97. The van der Waals surface area contributed by atoms with E-state index in [0.29, 0.717) is 5.82 Å². The number of thiazole rings is 1. The topological polar surface area (TPSA) is 48.1 Å². The molecule has 0 atom stereocenters. The van der Waals surface area contributed by atoms with E-state index in [9.17, 15) is 0 Å². The van der Waals surface area contributed by atoms with Crippen LogP contribution < -0.4 is 10.5 Å². The van der Waals surface area contributed by atoms with Crippen LogP contribution in [0.5, 0.6) is 5.75 Å². The zero-order chi connectivity index (χ0) is 12.6. The molecule has 2 N–H and O–H groups in total. The smallest absolute Gasteiger partial charge is 0.135 e. The van der Waals surface area contributed by atoms with E-state index in [1.165, 1.54) is 11.1 Å². The van der Waals surface area contributed by atoms with Crippen molar-refractivity contribution in [3.63, 3.8) is 0 Å². The third kappa shape index (κ3) is 2.00. The monoisotopic (exact) mass is 248 g/mol. The van der Waals surface area contributed by atoms with Crippen molar-refractivity contribution in [1.82, 2.24) is 4.98 Å². The molecule has 2 aromatic rings. The van der Waals surface area contributed by atoms with Crippen LogP contribution in [-0.2, 0) is 0 Å². The van der Waals surface area contributed by atoms with Crippen molar-refractivity contribution in [2.75, 3.05) is 12.8 Å². The molecule has 17 heavy (non-hydrogen) atoms. The number of ether oxygens (including phenoxy) is 1. The summed E-state index contributed by atoms with van der Waals surface area (Å²) in [5.74, 6) is 1.46. The van der Waals surface area contributed by atoms with Crippen LogP contribution >= 0.6 is 11.3 Å². The third-order valence-corrected chi connectivity index (χ3v) is 3.80. The number of rotatable bonds is 2. The Hall–Kier alpha value is -1.55. The molecule has 0 aliphatic heterocycles. The first-order chi connectivity index (χ1) is 8.04. The minimum atomic E-state index is 0.560. The summed E-state index contributed by atoms with van der Waals surface area (Å²) in [6, 6.07) is 2.16. The number of hydrogen-bond acceptors (Lipinski definition) is 4. The quantitative estimate of drug-likeness (QED) is 0.886. The molecule has 3 nitrogen and oxygen atoms in total. The van der Waals surface area contributed by atoms with Gasteiger partial charge in [0.05, 0.1) is 12.7 Å². The van der Waals surface area contributed by atoms with E-state index < -0.39 is 0 Å². The minimum Gasteiger partial charge on any atom is -0.496 e. The molecule has 90 valence electrons. The normalized spacial score (nSPS) is 10.6. The Labute approximate surface area is 105 Å². The first-order valence-corrected chi connectivity index (χ1v) is 6.28. The van der Waals surface area contributed by atoms with Crippen LogP contribution in [-0.4, -0.2) is 12.1 Å². The SMILES string of the molecule is COc1c(C)c(C)cc(C)c1-c1nc(N)cs1. The molecule has 0 spiro atoms. The number of nitrogen functional groups attached to an aromatic ring is 1. The van der Waals surface area contributed by atoms with Gasteiger partial charge in [-0.15, -0.1) is 11.3 Å². The average Bonchev–Trinajstić information content (AvgIpc) is 2.69. The van der Waals surface area contributed by atoms with Gasteiger partial charge in [0.2, 0.25) is 0 Å². The van der Waals surface area contributed by atoms with E-state index in [-0.39, 0.29) is 0 Å². The summed E-state index contributed by atoms with van der Waals surface area (Å²) in [7, 11) is 1.70. The molecule has 1 aromatic carbocycles. The number of aromatic nitrogens is 1. The molecular formula is C13H16N2OS. The lowest BCUT2D eigenvalue weighted by atomic mass is 9.99. The maximum Gasteiger partial charge on any atom is 0.135 e. The zero-order valence-corrected chi connectivity index (χ0v) is 11.3. The maximum absolute atomic E-state index is 5.68. The molecule has 0 saturated carbocycles. The molecule has 0 bridgehead atoms. The molecule has 0 aliphatic rings. The van der Waals surface area contributed by atoms with E-state index in [0.717, 1.165) is 21.9 Å². The minimum absolute atomic E-state index is 0.560. The Morgan fingerprint density at radius 3 is 2.47 bits per heavy atom. The zero-order valence-electron chi connectivity index (χ0n) is 10.5. The summed E-state index contributed by atoms with van der Waals surface area (Å²) < 4.78 is 5.53. The molecule has 0 aliphatic carbocycles.